The number of benzene rings is 2. The van der Waals surface area contributed by atoms with Gasteiger partial charge < -0.3 is 9.47 Å². The molecule has 0 fully saturated rings. The fourth-order valence-electron chi connectivity index (χ4n) is 4.15. The molecule has 0 bridgehead atoms. The van der Waals surface area contributed by atoms with E-state index in [0.29, 0.717) is 17.7 Å². The molecule has 196 valence electrons. The molecule has 0 aliphatic carbocycles. The molecule has 36 heavy (non-hydrogen) atoms. The van der Waals surface area contributed by atoms with Gasteiger partial charge in [0.15, 0.2) is 5.78 Å². The van der Waals surface area contributed by atoms with Gasteiger partial charge in [0.25, 0.3) is 0 Å². The average molecular weight is 493 g/mol. The maximum atomic E-state index is 12.6. The van der Waals surface area contributed by atoms with Crippen LogP contribution in [0.2, 0.25) is 0 Å². The molecule has 0 spiro atoms. The van der Waals surface area contributed by atoms with E-state index in [0.717, 1.165) is 19.3 Å². The molecule has 0 amide bonds. The lowest BCUT2D eigenvalue weighted by Crippen LogP contribution is -2.09. The third-order valence-electron chi connectivity index (χ3n) is 6.29. The summed E-state index contributed by atoms with van der Waals surface area (Å²) >= 11 is 0. The van der Waals surface area contributed by atoms with Crippen LogP contribution in [-0.4, -0.2) is 18.5 Å². The number of ketones is 1. The Labute approximate surface area is 218 Å². The van der Waals surface area contributed by atoms with Crippen LogP contribution in [0.4, 0.5) is 4.79 Å². The first-order valence-electron chi connectivity index (χ1n) is 13.9. The zero-order chi connectivity index (χ0) is 25.7. The molecule has 2 aromatic carbocycles. The number of rotatable bonds is 19. The lowest BCUT2D eigenvalue weighted by atomic mass is 10.0. The second-order valence-corrected chi connectivity index (χ2v) is 9.40. The third kappa shape index (κ3) is 13.3. The standard InChI is InChI=1S/C32H44O4/c1-2-3-4-5-6-7-8-9-10-11-12-13-14-21-26-35-32(34)36-31(29-24-19-16-20-25-29)27-30(33)28-22-17-15-18-23-28/h15-20,22-25,27H,2-14,21,26H2,1H3. The van der Waals surface area contributed by atoms with Gasteiger partial charge in [0, 0.05) is 17.2 Å². The minimum absolute atomic E-state index is 0.190. The summed E-state index contributed by atoms with van der Waals surface area (Å²) in [7, 11) is 0. The van der Waals surface area contributed by atoms with Gasteiger partial charge in [-0.3, -0.25) is 4.79 Å². The highest BCUT2D eigenvalue weighted by atomic mass is 16.7. The van der Waals surface area contributed by atoms with Gasteiger partial charge in [-0.05, 0) is 6.42 Å². The van der Waals surface area contributed by atoms with Crippen LogP contribution in [0.25, 0.3) is 5.76 Å². The molecular weight excluding hydrogens is 448 g/mol. The molecule has 2 rings (SSSR count). The summed E-state index contributed by atoms with van der Waals surface area (Å²) < 4.78 is 10.7. The molecule has 0 saturated carbocycles. The van der Waals surface area contributed by atoms with Crippen LogP contribution in [0.1, 0.15) is 113 Å². The molecule has 4 heteroatoms. The lowest BCUT2D eigenvalue weighted by molar-refractivity contribution is 0.0885. The van der Waals surface area contributed by atoms with E-state index < -0.39 is 6.16 Å². The van der Waals surface area contributed by atoms with E-state index in [4.69, 9.17) is 9.47 Å². The zero-order valence-corrected chi connectivity index (χ0v) is 22.1. The molecule has 4 nitrogen and oxygen atoms in total. The number of carbonyl (C=O) groups excluding carboxylic acids is 2. The fraction of sp³-hybridized carbons (Fsp3) is 0.500. The summed E-state index contributed by atoms with van der Waals surface area (Å²) in [5, 5.41) is 0. The van der Waals surface area contributed by atoms with Crippen molar-refractivity contribution in [1.82, 2.24) is 0 Å². The first kappa shape index (κ1) is 29.4. The second-order valence-electron chi connectivity index (χ2n) is 9.40. The number of hydrogen-bond acceptors (Lipinski definition) is 4. The molecule has 0 saturated heterocycles. The van der Waals surface area contributed by atoms with Crippen LogP contribution in [0, 0.1) is 0 Å². The molecule has 0 heterocycles. The van der Waals surface area contributed by atoms with Crippen molar-refractivity contribution in [3.8, 4) is 0 Å². The average Bonchev–Trinajstić information content (AvgIpc) is 2.91. The largest absolute Gasteiger partial charge is 0.513 e. The molecular formula is C32H44O4. The fourth-order valence-corrected chi connectivity index (χ4v) is 4.15. The summed E-state index contributed by atoms with van der Waals surface area (Å²) in [5.41, 5.74) is 1.18. The Hall–Kier alpha value is -2.88. The monoisotopic (exact) mass is 492 g/mol. The van der Waals surface area contributed by atoms with Gasteiger partial charge in [0.05, 0.1) is 6.61 Å². The molecule has 0 aromatic heterocycles. The molecule has 0 N–H and O–H groups in total. The first-order valence-corrected chi connectivity index (χ1v) is 13.9. The van der Waals surface area contributed by atoms with E-state index >= 15 is 0 Å². The molecule has 0 aliphatic rings. The Morgan fingerprint density at radius 2 is 1.06 bits per heavy atom. The minimum Gasteiger partial charge on any atom is -0.434 e. The number of unbranched alkanes of at least 4 members (excludes halogenated alkanes) is 13. The van der Waals surface area contributed by atoms with Gasteiger partial charge in [-0.2, -0.15) is 0 Å². The van der Waals surface area contributed by atoms with E-state index in [-0.39, 0.29) is 11.5 Å². The van der Waals surface area contributed by atoms with Crippen molar-refractivity contribution >= 4 is 17.7 Å². The van der Waals surface area contributed by atoms with Gasteiger partial charge in [-0.25, -0.2) is 4.79 Å². The highest BCUT2D eigenvalue weighted by Gasteiger charge is 2.13. The summed E-state index contributed by atoms with van der Waals surface area (Å²) in [6.45, 7) is 2.59. The second kappa shape index (κ2) is 19.3. The molecule has 0 radical (unpaired) electrons. The number of ether oxygens (including phenoxy) is 2. The van der Waals surface area contributed by atoms with E-state index in [9.17, 15) is 9.59 Å². The van der Waals surface area contributed by atoms with Gasteiger partial charge in [-0.1, -0.05) is 151 Å². The molecule has 2 aromatic rings. The first-order chi connectivity index (χ1) is 17.7. The Kier molecular flexibility index (Phi) is 15.8. The predicted octanol–water partition coefficient (Wildman–Crippen LogP) is 9.54. The van der Waals surface area contributed by atoms with Crippen molar-refractivity contribution in [1.29, 1.82) is 0 Å². The van der Waals surface area contributed by atoms with E-state index in [1.165, 1.54) is 76.7 Å². The maximum absolute atomic E-state index is 12.6. The molecule has 0 atom stereocenters. The Morgan fingerprint density at radius 3 is 1.56 bits per heavy atom. The van der Waals surface area contributed by atoms with Crippen LogP contribution in [-0.2, 0) is 9.47 Å². The van der Waals surface area contributed by atoms with E-state index in [1.807, 2.05) is 24.3 Å². The minimum atomic E-state index is -0.777. The van der Waals surface area contributed by atoms with Crippen LogP contribution in [0.15, 0.2) is 66.7 Å². The molecule has 0 unspecified atom stereocenters. The van der Waals surface area contributed by atoms with Crippen molar-refractivity contribution in [2.45, 2.75) is 96.8 Å². The van der Waals surface area contributed by atoms with Crippen LogP contribution in [0.5, 0.6) is 0 Å². The van der Waals surface area contributed by atoms with Crippen molar-refractivity contribution < 1.29 is 19.1 Å². The molecule has 0 aliphatic heterocycles. The topological polar surface area (TPSA) is 52.6 Å². The van der Waals surface area contributed by atoms with Crippen LogP contribution < -0.4 is 0 Å². The summed E-state index contributed by atoms with van der Waals surface area (Å²) in [6, 6.07) is 18.0. The highest BCUT2D eigenvalue weighted by Crippen LogP contribution is 2.18. The number of allylic oxidation sites excluding steroid dienone is 1. The SMILES string of the molecule is CCCCCCCCCCCCCCCCOC(=O)OC(=CC(=O)c1ccccc1)c1ccccc1. The van der Waals surface area contributed by atoms with Crippen molar-refractivity contribution in [2.24, 2.45) is 0 Å². The lowest BCUT2D eigenvalue weighted by Gasteiger charge is -2.10. The Morgan fingerprint density at radius 1 is 0.611 bits per heavy atom. The third-order valence-corrected chi connectivity index (χ3v) is 6.29. The quantitative estimate of drug-likeness (QED) is 0.0644. The zero-order valence-electron chi connectivity index (χ0n) is 22.1. The summed E-state index contributed by atoms with van der Waals surface area (Å²) in [5.74, 6) is -0.0374. The van der Waals surface area contributed by atoms with Gasteiger partial charge in [-0.15, -0.1) is 0 Å². The Balaban J connectivity index is 1.59. The van der Waals surface area contributed by atoms with Gasteiger partial charge >= 0.3 is 6.16 Å². The smallest absolute Gasteiger partial charge is 0.434 e. The normalized spacial score (nSPS) is 11.3. The highest BCUT2D eigenvalue weighted by molar-refractivity contribution is 6.08. The maximum Gasteiger partial charge on any atom is 0.513 e. The van der Waals surface area contributed by atoms with Gasteiger partial charge in [0.2, 0.25) is 0 Å². The number of hydrogen-bond donors (Lipinski definition) is 0. The van der Waals surface area contributed by atoms with Crippen LogP contribution in [0.3, 0.4) is 0 Å². The van der Waals surface area contributed by atoms with Crippen LogP contribution >= 0.6 is 0 Å². The van der Waals surface area contributed by atoms with Gasteiger partial charge in [0.1, 0.15) is 5.76 Å². The Bertz CT molecular complexity index is 874. The van der Waals surface area contributed by atoms with E-state index in [1.54, 1.807) is 36.4 Å². The predicted molar refractivity (Wildman–Crippen MR) is 148 cm³/mol. The summed E-state index contributed by atoms with van der Waals surface area (Å²) in [6.07, 6.45) is 18.5. The van der Waals surface area contributed by atoms with Crippen molar-refractivity contribution in [2.75, 3.05) is 6.61 Å². The van der Waals surface area contributed by atoms with E-state index in [2.05, 4.69) is 6.92 Å². The number of carbonyl (C=O) groups is 2. The van der Waals surface area contributed by atoms with Crippen molar-refractivity contribution in [3.63, 3.8) is 0 Å². The summed E-state index contributed by atoms with van der Waals surface area (Å²) in [4.78, 5) is 24.9. The van der Waals surface area contributed by atoms with Crippen molar-refractivity contribution in [3.05, 3.63) is 77.9 Å².